The molecule has 0 atom stereocenters. The zero-order chi connectivity index (χ0) is 14.6. The molecular formula is C13H16BrNO4. The molecule has 19 heavy (non-hydrogen) atoms. The summed E-state index contributed by atoms with van der Waals surface area (Å²) in [6.45, 7) is 2.73. The number of halogens is 1. The van der Waals surface area contributed by atoms with Gasteiger partial charge in [0.25, 0.3) is 5.91 Å². The molecule has 0 saturated heterocycles. The Bertz CT molecular complexity index is 470. The molecule has 0 bridgehead atoms. The maximum Gasteiger partial charge on any atom is 0.329 e. The Hall–Kier alpha value is -1.56. The van der Waals surface area contributed by atoms with Crippen LogP contribution in [0.4, 0.5) is 0 Å². The van der Waals surface area contributed by atoms with Gasteiger partial charge in [-0.1, -0.05) is 15.9 Å². The predicted octanol–water partition coefficient (Wildman–Crippen LogP) is 2.15. The van der Waals surface area contributed by atoms with Crippen molar-refractivity contribution in [2.24, 2.45) is 0 Å². The first-order valence-electron chi connectivity index (χ1n) is 5.63. The minimum absolute atomic E-state index is 0.200. The van der Waals surface area contributed by atoms with Crippen molar-refractivity contribution in [3.8, 4) is 5.75 Å². The number of ether oxygens (including phenoxy) is 1. The summed E-state index contributed by atoms with van der Waals surface area (Å²) in [5.74, 6) is -0.902. The van der Waals surface area contributed by atoms with E-state index < -0.39 is 17.4 Å². The molecule has 0 heterocycles. The van der Waals surface area contributed by atoms with Gasteiger partial charge in [0.2, 0.25) is 0 Å². The lowest BCUT2D eigenvalue weighted by atomic mass is 10.0. The maximum absolute atomic E-state index is 11.9. The summed E-state index contributed by atoms with van der Waals surface area (Å²) >= 11 is 3.29. The molecule has 0 saturated carbocycles. The minimum atomic E-state index is -1.26. The number of carboxylic acids is 1. The molecule has 0 fully saturated rings. The Balaban J connectivity index is 2.61. The second-order valence-corrected chi connectivity index (χ2v) is 5.48. The number of likely N-dealkylation sites (N-methyl/N-ethyl adjacent to an activating group) is 1. The lowest BCUT2D eigenvalue weighted by molar-refractivity contribution is -0.156. The van der Waals surface area contributed by atoms with Crippen molar-refractivity contribution < 1.29 is 19.4 Å². The summed E-state index contributed by atoms with van der Waals surface area (Å²) in [6.07, 6.45) is 0. The van der Waals surface area contributed by atoms with Gasteiger partial charge in [0.15, 0.2) is 6.61 Å². The fourth-order valence-electron chi connectivity index (χ4n) is 1.23. The summed E-state index contributed by atoms with van der Waals surface area (Å²) in [7, 11) is 1.45. The number of nitrogens with zero attached hydrogens (tertiary/aromatic N) is 1. The second-order valence-electron chi connectivity index (χ2n) is 4.56. The Morgan fingerprint density at radius 2 is 1.84 bits per heavy atom. The van der Waals surface area contributed by atoms with Gasteiger partial charge in [-0.05, 0) is 38.1 Å². The van der Waals surface area contributed by atoms with Gasteiger partial charge >= 0.3 is 5.97 Å². The van der Waals surface area contributed by atoms with Gasteiger partial charge in [0.05, 0.1) is 0 Å². The van der Waals surface area contributed by atoms with Crippen LogP contribution < -0.4 is 4.74 Å². The number of hydrogen-bond acceptors (Lipinski definition) is 3. The lowest BCUT2D eigenvalue weighted by Gasteiger charge is -2.31. The SMILES string of the molecule is CN(C(=O)COc1ccc(Br)cc1)C(C)(C)C(=O)O. The Morgan fingerprint density at radius 3 is 2.32 bits per heavy atom. The van der Waals surface area contributed by atoms with Crippen LogP contribution >= 0.6 is 15.9 Å². The zero-order valence-electron chi connectivity index (χ0n) is 11.0. The van der Waals surface area contributed by atoms with Gasteiger partial charge in [-0.15, -0.1) is 0 Å². The molecule has 1 aromatic rings. The van der Waals surface area contributed by atoms with Crippen molar-refractivity contribution in [2.75, 3.05) is 13.7 Å². The Morgan fingerprint density at radius 1 is 1.32 bits per heavy atom. The molecule has 1 amide bonds. The summed E-state index contributed by atoms with van der Waals surface area (Å²) in [6, 6.07) is 7.04. The molecule has 104 valence electrons. The van der Waals surface area contributed by atoms with Gasteiger partial charge in [-0.3, -0.25) is 4.79 Å². The number of aliphatic carboxylic acids is 1. The third-order valence-corrected chi connectivity index (χ3v) is 3.44. The van der Waals surface area contributed by atoms with Crippen LogP contribution in [0.3, 0.4) is 0 Å². The first-order valence-corrected chi connectivity index (χ1v) is 6.43. The van der Waals surface area contributed by atoms with E-state index in [-0.39, 0.29) is 6.61 Å². The number of amides is 1. The number of carbonyl (C=O) groups is 2. The highest BCUT2D eigenvalue weighted by atomic mass is 79.9. The van der Waals surface area contributed by atoms with Crippen molar-refractivity contribution in [1.82, 2.24) is 4.90 Å². The maximum atomic E-state index is 11.9. The van der Waals surface area contributed by atoms with Crippen molar-refractivity contribution in [1.29, 1.82) is 0 Å². The normalized spacial score (nSPS) is 10.9. The molecule has 0 aromatic heterocycles. The molecule has 0 spiro atoms. The average molecular weight is 330 g/mol. The van der Waals surface area contributed by atoms with Crippen molar-refractivity contribution in [3.05, 3.63) is 28.7 Å². The topological polar surface area (TPSA) is 66.8 Å². The van der Waals surface area contributed by atoms with Gasteiger partial charge in [-0.25, -0.2) is 4.79 Å². The standard InChI is InChI=1S/C13H16BrNO4/c1-13(2,12(17)18)15(3)11(16)8-19-10-6-4-9(14)5-7-10/h4-7H,8H2,1-3H3,(H,17,18). The Kier molecular flexibility index (Phi) is 4.94. The molecule has 0 aliphatic rings. The number of hydrogen-bond donors (Lipinski definition) is 1. The summed E-state index contributed by atoms with van der Waals surface area (Å²) in [5, 5.41) is 9.04. The van der Waals surface area contributed by atoms with Crippen LogP contribution in [0, 0.1) is 0 Å². The van der Waals surface area contributed by atoms with Crippen molar-refractivity contribution >= 4 is 27.8 Å². The molecule has 0 aliphatic heterocycles. The molecule has 1 aromatic carbocycles. The van der Waals surface area contributed by atoms with Crippen LogP contribution in [0.15, 0.2) is 28.7 Å². The van der Waals surface area contributed by atoms with Gasteiger partial charge < -0.3 is 14.7 Å². The quantitative estimate of drug-likeness (QED) is 0.898. The van der Waals surface area contributed by atoms with Crippen LogP contribution in [0.25, 0.3) is 0 Å². The summed E-state index contributed by atoms with van der Waals surface area (Å²) in [4.78, 5) is 24.1. The number of benzene rings is 1. The van der Waals surface area contributed by atoms with E-state index in [1.807, 2.05) is 0 Å². The highest BCUT2D eigenvalue weighted by Gasteiger charge is 2.35. The van der Waals surface area contributed by atoms with Crippen LogP contribution in [0.5, 0.6) is 5.75 Å². The van der Waals surface area contributed by atoms with Crippen LogP contribution in [0.2, 0.25) is 0 Å². The van der Waals surface area contributed by atoms with Crippen molar-refractivity contribution in [2.45, 2.75) is 19.4 Å². The van der Waals surface area contributed by atoms with E-state index in [4.69, 9.17) is 9.84 Å². The molecule has 1 rings (SSSR count). The molecule has 6 heteroatoms. The third kappa shape index (κ3) is 3.96. The van der Waals surface area contributed by atoms with E-state index in [0.29, 0.717) is 5.75 Å². The smallest absolute Gasteiger partial charge is 0.329 e. The number of carboxylic acid groups (broad SMARTS) is 1. The molecule has 5 nitrogen and oxygen atoms in total. The van der Waals surface area contributed by atoms with Crippen LogP contribution in [-0.4, -0.2) is 41.1 Å². The molecule has 0 radical (unpaired) electrons. The van der Waals surface area contributed by atoms with Gasteiger partial charge in [0, 0.05) is 11.5 Å². The van der Waals surface area contributed by atoms with E-state index >= 15 is 0 Å². The fraction of sp³-hybridized carbons (Fsp3) is 0.385. The average Bonchev–Trinajstić information content (AvgIpc) is 2.36. The van der Waals surface area contributed by atoms with Gasteiger partial charge in [-0.2, -0.15) is 0 Å². The Labute approximate surface area is 120 Å². The van der Waals surface area contributed by atoms with E-state index in [9.17, 15) is 9.59 Å². The third-order valence-electron chi connectivity index (χ3n) is 2.91. The predicted molar refractivity (Wildman–Crippen MR) is 74.1 cm³/mol. The van der Waals surface area contributed by atoms with E-state index in [1.54, 1.807) is 24.3 Å². The van der Waals surface area contributed by atoms with E-state index in [2.05, 4.69) is 15.9 Å². The highest BCUT2D eigenvalue weighted by Crippen LogP contribution is 2.17. The first-order chi connectivity index (χ1) is 8.75. The molecular weight excluding hydrogens is 314 g/mol. The number of rotatable bonds is 5. The van der Waals surface area contributed by atoms with Crippen LogP contribution in [0.1, 0.15) is 13.8 Å². The van der Waals surface area contributed by atoms with Crippen LogP contribution in [-0.2, 0) is 9.59 Å². The zero-order valence-corrected chi connectivity index (χ0v) is 12.6. The van der Waals surface area contributed by atoms with Crippen molar-refractivity contribution in [3.63, 3.8) is 0 Å². The monoisotopic (exact) mass is 329 g/mol. The van der Waals surface area contributed by atoms with Gasteiger partial charge in [0.1, 0.15) is 11.3 Å². The summed E-state index contributed by atoms with van der Waals surface area (Å²) in [5.41, 5.74) is -1.26. The summed E-state index contributed by atoms with van der Waals surface area (Å²) < 4.78 is 6.23. The lowest BCUT2D eigenvalue weighted by Crippen LogP contribution is -2.52. The van der Waals surface area contributed by atoms with E-state index in [0.717, 1.165) is 9.37 Å². The fourth-order valence-corrected chi connectivity index (χ4v) is 1.49. The second kappa shape index (κ2) is 6.06. The highest BCUT2D eigenvalue weighted by molar-refractivity contribution is 9.10. The molecule has 1 N–H and O–H groups in total. The largest absolute Gasteiger partial charge is 0.484 e. The van der Waals surface area contributed by atoms with E-state index in [1.165, 1.54) is 20.9 Å². The molecule has 0 unspecified atom stereocenters. The molecule has 0 aliphatic carbocycles. The minimum Gasteiger partial charge on any atom is -0.484 e. The number of carbonyl (C=O) groups excluding carboxylic acids is 1. The first kappa shape index (κ1) is 15.5.